The number of hydrogen-bond donors (Lipinski definition) is 1. The zero-order chi connectivity index (χ0) is 14.2. The van der Waals surface area contributed by atoms with Gasteiger partial charge in [-0.25, -0.2) is 0 Å². The number of anilines is 1. The number of aryl methyl sites for hydroxylation is 2. The van der Waals surface area contributed by atoms with Crippen LogP contribution in [0.15, 0.2) is 42.5 Å². The molecule has 1 atom stereocenters. The molecule has 108 valence electrons. The zero-order valence-electron chi connectivity index (χ0n) is 12.3. The van der Waals surface area contributed by atoms with Crippen LogP contribution in [0.2, 0.25) is 0 Å². The Kier molecular flexibility index (Phi) is 3.10. The molecule has 0 radical (unpaired) electrons. The number of fused-ring (bicyclic) bond motifs is 2. The largest absolute Gasteiger partial charge is 0.508 e. The summed E-state index contributed by atoms with van der Waals surface area (Å²) in [6, 6.07) is 15.2. The quantitative estimate of drug-likeness (QED) is 0.844. The molecule has 1 N–H and O–H groups in total. The fourth-order valence-corrected chi connectivity index (χ4v) is 3.95. The van der Waals surface area contributed by atoms with Gasteiger partial charge in [0.2, 0.25) is 0 Å². The van der Waals surface area contributed by atoms with Gasteiger partial charge in [0, 0.05) is 12.2 Å². The SMILES string of the molecule is Oc1ccc2c(c1)CCC2N1CCCCc2ccccc21. The van der Waals surface area contributed by atoms with Crippen LogP contribution in [0.25, 0.3) is 0 Å². The third kappa shape index (κ3) is 2.19. The van der Waals surface area contributed by atoms with E-state index in [0.717, 1.165) is 19.4 Å². The van der Waals surface area contributed by atoms with E-state index in [4.69, 9.17) is 0 Å². The van der Waals surface area contributed by atoms with Gasteiger partial charge in [-0.2, -0.15) is 0 Å². The molecule has 2 nitrogen and oxygen atoms in total. The van der Waals surface area contributed by atoms with Gasteiger partial charge in [-0.3, -0.25) is 0 Å². The Balaban J connectivity index is 1.75. The monoisotopic (exact) mass is 279 g/mol. The molecule has 0 spiro atoms. The van der Waals surface area contributed by atoms with Gasteiger partial charge in [0.05, 0.1) is 6.04 Å². The van der Waals surface area contributed by atoms with E-state index in [0.29, 0.717) is 11.8 Å². The van der Waals surface area contributed by atoms with Crippen molar-refractivity contribution in [1.82, 2.24) is 0 Å². The standard InChI is InChI=1S/C19H21NO/c21-16-9-10-17-15(13-16)8-11-19(17)20-12-4-3-6-14-5-1-2-7-18(14)20/h1-2,5,7,9-10,13,19,21H,3-4,6,8,11-12H2. The second-order valence-electron chi connectivity index (χ2n) is 6.22. The Morgan fingerprint density at radius 3 is 2.81 bits per heavy atom. The van der Waals surface area contributed by atoms with Crippen molar-refractivity contribution in [1.29, 1.82) is 0 Å². The minimum absolute atomic E-state index is 0.394. The maximum atomic E-state index is 9.68. The van der Waals surface area contributed by atoms with Crippen LogP contribution in [0.5, 0.6) is 5.75 Å². The first-order valence-corrected chi connectivity index (χ1v) is 7.99. The molecule has 2 aromatic rings. The maximum Gasteiger partial charge on any atom is 0.115 e. The summed E-state index contributed by atoms with van der Waals surface area (Å²) in [5, 5.41) is 9.68. The lowest BCUT2D eigenvalue weighted by Gasteiger charge is -2.32. The molecular weight excluding hydrogens is 258 g/mol. The number of nitrogens with zero attached hydrogens (tertiary/aromatic N) is 1. The Hall–Kier alpha value is -1.96. The van der Waals surface area contributed by atoms with Crippen molar-refractivity contribution in [2.24, 2.45) is 0 Å². The molecule has 0 fully saturated rings. The van der Waals surface area contributed by atoms with E-state index in [2.05, 4.69) is 35.2 Å². The molecule has 2 heteroatoms. The second-order valence-corrected chi connectivity index (χ2v) is 6.22. The first-order chi connectivity index (χ1) is 10.3. The second kappa shape index (κ2) is 5.10. The van der Waals surface area contributed by atoms with Crippen LogP contribution in [-0.4, -0.2) is 11.7 Å². The summed E-state index contributed by atoms with van der Waals surface area (Å²) in [5.74, 6) is 0.394. The number of phenols is 1. The van der Waals surface area contributed by atoms with Crippen molar-refractivity contribution in [3.05, 3.63) is 59.2 Å². The first kappa shape index (κ1) is 12.8. The number of benzene rings is 2. The van der Waals surface area contributed by atoms with E-state index < -0.39 is 0 Å². The molecular formula is C19H21NO. The van der Waals surface area contributed by atoms with E-state index in [1.165, 1.54) is 41.6 Å². The highest BCUT2D eigenvalue weighted by molar-refractivity contribution is 5.57. The van der Waals surface area contributed by atoms with Crippen LogP contribution in [0.3, 0.4) is 0 Å². The van der Waals surface area contributed by atoms with Crippen molar-refractivity contribution >= 4 is 5.69 Å². The molecule has 1 aliphatic heterocycles. The molecule has 1 aliphatic carbocycles. The van der Waals surface area contributed by atoms with Gasteiger partial charge < -0.3 is 10.0 Å². The zero-order valence-corrected chi connectivity index (χ0v) is 12.3. The first-order valence-electron chi connectivity index (χ1n) is 7.99. The summed E-state index contributed by atoms with van der Waals surface area (Å²) >= 11 is 0. The number of rotatable bonds is 1. The highest BCUT2D eigenvalue weighted by Crippen LogP contribution is 2.41. The summed E-state index contributed by atoms with van der Waals surface area (Å²) in [6.07, 6.45) is 5.98. The third-order valence-electron chi connectivity index (χ3n) is 4.95. The van der Waals surface area contributed by atoms with E-state index in [1.54, 1.807) is 0 Å². The lowest BCUT2D eigenvalue weighted by Crippen LogP contribution is -2.28. The summed E-state index contributed by atoms with van der Waals surface area (Å²) in [5.41, 5.74) is 5.63. The number of phenolic OH excluding ortho intramolecular Hbond substituents is 1. The molecule has 0 bridgehead atoms. The van der Waals surface area contributed by atoms with Crippen molar-refractivity contribution in [3.63, 3.8) is 0 Å². The minimum atomic E-state index is 0.394. The van der Waals surface area contributed by atoms with Gasteiger partial charge in [0.1, 0.15) is 5.75 Å². The third-order valence-corrected chi connectivity index (χ3v) is 4.95. The average Bonchev–Trinajstić information content (AvgIpc) is 2.79. The molecule has 2 aromatic carbocycles. The number of hydrogen-bond acceptors (Lipinski definition) is 2. The molecule has 0 saturated carbocycles. The minimum Gasteiger partial charge on any atom is -0.508 e. The normalized spacial score (nSPS) is 20.8. The topological polar surface area (TPSA) is 23.5 Å². The Bertz CT molecular complexity index is 664. The molecule has 4 rings (SSSR count). The predicted molar refractivity (Wildman–Crippen MR) is 85.9 cm³/mol. The van der Waals surface area contributed by atoms with Crippen molar-refractivity contribution < 1.29 is 5.11 Å². The van der Waals surface area contributed by atoms with Crippen molar-refractivity contribution in [2.45, 2.75) is 38.1 Å². The van der Waals surface area contributed by atoms with Gasteiger partial charge in [0.25, 0.3) is 0 Å². The maximum absolute atomic E-state index is 9.68. The van der Waals surface area contributed by atoms with Gasteiger partial charge in [-0.05, 0) is 67.0 Å². The van der Waals surface area contributed by atoms with Crippen LogP contribution in [0.1, 0.15) is 42.0 Å². The molecule has 2 aliphatic rings. The fourth-order valence-electron chi connectivity index (χ4n) is 3.95. The van der Waals surface area contributed by atoms with Crippen molar-refractivity contribution in [3.8, 4) is 5.75 Å². The van der Waals surface area contributed by atoms with Gasteiger partial charge in [-0.1, -0.05) is 24.3 Å². The Morgan fingerprint density at radius 2 is 1.86 bits per heavy atom. The van der Waals surface area contributed by atoms with E-state index in [-0.39, 0.29) is 0 Å². The molecule has 0 amide bonds. The van der Waals surface area contributed by atoms with Crippen LogP contribution >= 0.6 is 0 Å². The fraction of sp³-hybridized carbons (Fsp3) is 0.368. The Labute approximate surface area is 126 Å². The summed E-state index contributed by atoms with van der Waals surface area (Å²) in [7, 11) is 0. The lowest BCUT2D eigenvalue weighted by molar-refractivity contribution is 0.474. The highest BCUT2D eigenvalue weighted by Gasteiger charge is 2.30. The van der Waals surface area contributed by atoms with Crippen LogP contribution < -0.4 is 4.90 Å². The van der Waals surface area contributed by atoms with Gasteiger partial charge >= 0.3 is 0 Å². The molecule has 0 aromatic heterocycles. The van der Waals surface area contributed by atoms with E-state index >= 15 is 0 Å². The van der Waals surface area contributed by atoms with Crippen molar-refractivity contribution in [2.75, 3.05) is 11.4 Å². The van der Waals surface area contributed by atoms with E-state index in [1.807, 2.05) is 12.1 Å². The summed E-state index contributed by atoms with van der Waals surface area (Å²) < 4.78 is 0. The van der Waals surface area contributed by atoms with Crippen LogP contribution in [0, 0.1) is 0 Å². The van der Waals surface area contributed by atoms with Crippen LogP contribution in [-0.2, 0) is 12.8 Å². The molecule has 1 heterocycles. The number of aromatic hydroxyl groups is 1. The highest BCUT2D eigenvalue weighted by atomic mass is 16.3. The molecule has 21 heavy (non-hydrogen) atoms. The van der Waals surface area contributed by atoms with E-state index in [9.17, 15) is 5.11 Å². The van der Waals surface area contributed by atoms with Gasteiger partial charge in [-0.15, -0.1) is 0 Å². The lowest BCUT2D eigenvalue weighted by atomic mass is 10.0. The molecule has 0 saturated heterocycles. The van der Waals surface area contributed by atoms with Crippen LogP contribution in [0.4, 0.5) is 5.69 Å². The van der Waals surface area contributed by atoms with Gasteiger partial charge in [0.15, 0.2) is 0 Å². The Morgan fingerprint density at radius 1 is 0.952 bits per heavy atom. The molecule has 1 unspecified atom stereocenters. The summed E-state index contributed by atoms with van der Waals surface area (Å²) in [4.78, 5) is 2.60. The summed E-state index contributed by atoms with van der Waals surface area (Å²) in [6.45, 7) is 1.14. The predicted octanol–water partition coefficient (Wildman–Crippen LogP) is 4.22. The smallest absolute Gasteiger partial charge is 0.115 e. The average molecular weight is 279 g/mol. The number of para-hydroxylation sites is 1.